The lowest BCUT2D eigenvalue weighted by molar-refractivity contribution is -0.137. The summed E-state index contributed by atoms with van der Waals surface area (Å²) in [7, 11) is 0. The SMILES string of the molecule is Cc1nc(C(F)(F)F)sc1C1CNC(=O)CO1. The predicted molar refractivity (Wildman–Crippen MR) is 53.6 cm³/mol. The first-order valence-corrected chi connectivity index (χ1v) is 5.62. The van der Waals surface area contributed by atoms with Crippen LogP contribution in [0.25, 0.3) is 0 Å². The van der Waals surface area contributed by atoms with Gasteiger partial charge in [0.25, 0.3) is 0 Å². The Hall–Kier alpha value is -1.15. The normalized spacial score (nSPS) is 21.4. The lowest BCUT2D eigenvalue weighted by Crippen LogP contribution is -2.38. The predicted octanol–water partition coefficient (Wildman–Crippen LogP) is 1.66. The monoisotopic (exact) mass is 266 g/mol. The number of thiazole rings is 1. The number of alkyl halides is 3. The van der Waals surface area contributed by atoms with Gasteiger partial charge in [0.15, 0.2) is 5.01 Å². The highest BCUT2D eigenvalue weighted by atomic mass is 32.1. The summed E-state index contributed by atoms with van der Waals surface area (Å²) in [5.74, 6) is -0.264. The molecule has 1 fully saturated rings. The van der Waals surface area contributed by atoms with Crippen molar-refractivity contribution in [3.05, 3.63) is 15.6 Å². The average Bonchev–Trinajstić information content (AvgIpc) is 2.61. The van der Waals surface area contributed by atoms with Crippen molar-refractivity contribution in [1.82, 2.24) is 10.3 Å². The first kappa shape index (κ1) is 12.3. The molecular weight excluding hydrogens is 257 g/mol. The van der Waals surface area contributed by atoms with E-state index in [1.807, 2.05) is 0 Å². The second-order valence-corrected chi connectivity index (χ2v) is 4.60. The molecule has 1 atom stereocenters. The van der Waals surface area contributed by atoms with E-state index in [9.17, 15) is 18.0 Å². The fourth-order valence-electron chi connectivity index (χ4n) is 1.49. The summed E-state index contributed by atoms with van der Waals surface area (Å²) in [6, 6.07) is 0. The molecule has 0 radical (unpaired) electrons. The standard InChI is InChI=1S/C9H9F3N2O2S/c1-4-7(5-2-13-6(15)3-16-5)17-8(14-4)9(10,11)12/h5H,2-3H2,1H3,(H,13,15). The molecule has 2 heterocycles. The minimum absolute atomic E-state index is 0.136. The van der Waals surface area contributed by atoms with Gasteiger partial charge in [0.05, 0.1) is 10.6 Å². The molecule has 0 bridgehead atoms. The number of ether oxygens (including phenoxy) is 1. The van der Waals surface area contributed by atoms with Crippen LogP contribution in [0.5, 0.6) is 0 Å². The number of hydrogen-bond donors (Lipinski definition) is 1. The Kier molecular flexibility index (Phi) is 3.09. The molecule has 1 aliphatic heterocycles. The summed E-state index contributed by atoms with van der Waals surface area (Å²) in [4.78, 5) is 14.8. The summed E-state index contributed by atoms with van der Waals surface area (Å²) in [5, 5.41) is 1.66. The molecule has 1 amide bonds. The van der Waals surface area contributed by atoms with E-state index in [2.05, 4.69) is 10.3 Å². The van der Waals surface area contributed by atoms with Crippen molar-refractivity contribution in [3.8, 4) is 0 Å². The molecule has 8 heteroatoms. The molecule has 0 spiro atoms. The molecule has 1 N–H and O–H groups in total. The molecule has 1 aromatic rings. The summed E-state index contributed by atoms with van der Waals surface area (Å²) >= 11 is 0.562. The Morgan fingerprint density at radius 3 is 2.71 bits per heavy atom. The van der Waals surface area contributed by atoms with Gasteiger partial charge in [0.2, 0.25) is 5.91 Å². The van der Waals surface area contributed by atoms with E-state index in [0.717, 1.165) is 0 Å². The molecule has 17 heavy (non-hydrogen) atoms. The number of aryl methyl sites for hydroxylation is 1. The van der Waals surface area contributed by atoms with E-state index in [1.165, 1.54) is 6.92 Å². The van der Waals surface area contributed by atoms with E-state index in [4.69, 9.17) is 4.74 Å². The summed E-state index contributed by atoms with van der Waals surface area (Å²) in [5.41, 5.74) is 0.295. The second-order valence-electron chi connectivity index (χ2n) is 3.57. The van der Waals surface area contributed by atoms with Gasteiger partial charge in [-0.15, -0.1) is 11.3 Å². The Bertz CT molecular complexity index is 434. The second kappa shape index (κ2) is 4.26. The topological polar surface area (TPSA) is 51.2 Å². The summed E-state index contributed by atoms with van der Waals surface area (Å²) in [6.07, 6.45) is -4.98. The lowest BCUT2D eigenvalue weighted by atomic mass is 10.2. The van der Waals surface area contributed by atoms with Crippen molar-refractivity contribution < 1.29 is 22.7 Å². The van der Waals surface area contributed by atoms with Gasteiger partial charge in [0.1, 0.15) is 12.7 Å². The van der Waals surface area contributed by atoms with Crippen molar-refractivity contribution >= 4 is 17.2 Å². The van der Waals surface area contributed by atoms with E-state index in [-0.39, 0.29) is 19.1 Å². The molecule has 4 nitrogen and oxygen atoms in total. The number of nitrogens with zero attached hydrogens (tertiary/aromatic N) is 1. The zero-order valence-electron chi connectivity index (χ0n) is 8.80. The van der Waals surface area contributed by atoms with Gasteiger partial charge in [-0.3, -0.25) is 4.79 Å². The van der Waals surface area contributed by atoms with Gasteiger partial charge < -0.3 is 10.1 Å². The van der Waals surface area contributed by atoms with Crippen LogP contribution in [0.3, 0.4) is 0 Å². The summed E-state index contributed by atoms with van der Waals surface area (Å²) < 4.78 is 42.5. The van der Waals surface area contributed by atoms with Crippen molar-refractivity contribution in [3.63, 3.8) is 0 Å². The third kappa shape index (κ3) is 2.58. The first-order chi connectivity index (χ1) is 7.88. The van der Waals surface area contributed by atoms with Crippen LogP contribution in [0.15, 0.2) is 0 Å². The highest BCUT2D eigenvalue weighted by molar-refractivity contribution is 7.11. The minimum Gasteiger partial charge on any atom is -0.361 e. The van der Waals surface area contributed by atoms with Crippen molar-refractivity contribution in [2.24, 2.45) is 0 Å². The Morgan fingerprint density at radius 1 is 1.53 bits per heavy atom. The van der Waals surface area contributed by atoms with Gasteiger partial charge in [0, 0.05) is 6.54 Å². The van der Waals surface area contributed by atoms with E-state index < -0.39 is 17.3 Å². The molecule has 0 saturated carbocycles. The molecule has 2 rings (SSSR count). The van der Waals surface area contributed by atoms with Crippen LogP contribution < -0.4 is 5.32 Å². The molecule has 94 valence electrons. The number of carbonyl (C=O) groups is 1. The van der Waals surface area contributed by atoms with Crippen LogP contribution in [-0.2, 0) is 15.7 Å². The van der Waals surface area contributed by atoms with Gasteiger partial charge in [-0.1, -0.05) is 0 Å². The van der Waals surface area contributed by atoms with Crippen LogP contribution in [0.4, 0.5) is 13.2 Å². The zero-order valence-corrected chi connectivity index (χ0v) is 9.61. The Balaban J connectivity index is 2.21. The number of rotatable bonds is 1. The fraction of sp³-hybridized carbons (Fsp3) is 0.556. The van der Waals surface area contributed by atoms with Crippen LogP contribution in [0, 0.1) is 6.92 Å². The Labute approximate surface area is 98.8 Å². The van der Waals surface area contributed by atoms with Crippen LogP contribution in [-0.4, -0.2) is 24.0 Å². The number of hydrogen-bond acceptors (Lipinski definition) is 4. The maximum atomic E-state index is 12.4. The van der Waals surface area contributed by atoms with E-state index in [0.29, 0.717) is 21.9 Å². The Morgan fingerprint density at radius 2 is 2.24 bits per heavy atom. The van der Waals surface area contributed by atoms with Crippen LogP contribution >= 0.6 is 11.3 Å². The molecular formula is C9H9F3N2O2S. The van der Waals surface area contributed by atoms with Gasteiger partial charge in [-0.25, -0.2) is 4.98 Å². The van der Waals surface area contributed by atoms with Crippen LogP contribution in [0.1, 0.15) is 21.7 Å². The number of nitrogens with one attached hydrogen (secondary N) is 1. The molecule has 1 unspecified atom stereocenters. The van der Waals surface area contributed by atoms with Crippen molar-refractivity contribution in [2.75, 3.05) is 13.2 Å². The third-order valence-corrected chi connectivity index (χ3v) is 3.56. The van der Waals surface area contributed by atoms with Crippen molar-refractivity contribution in [1.29, 1.82) is 0 Å². The first-order valence-electron chi connectivity index (χ1n) is 4.80. The van der Waals surface area contributed by atoms with Gasteiger partial charge in [-0.2, -0.15) is 13.2 Å². The highest BCUT2D eigenvalue weighted by Crippen LogP contribution is 2.37. The quantitative estimate of drug-likeness (QED) is 0.841. The smallest absolute Gasteiger partial charge is 0.361 e. The number of carbonyl (C=O) groups excluding carboxylic acids is 1. The zero-order chi connectivity index (χ0) is 12.6. The largest absolute Gasteiger partial charge is 0.443 e. The molecule has 0 aliphatic carbocycles. The molecule has 0 aromatic carbocycles. The molecule has 1 saturated heterocycles. The number of halogens is 3. The minimum atomic E-state index is -4.44. The van der Waals surface area contributed by atoms with Gasteiger partial charge >= 0.3 is 6.18 Å². The maximum Gasteiger partial charge on any atom is 0.443 e. The fourth-order valence-corrected chi connectivity index (χ4v) is 2.47. The van der Waals surface area contributed by atoms with E-state index >= 15 is 0 Å². The number of morpholine rings is 1. The average molecular weight is 266 g/mol. The van der Waals surface area contributed by atoms with Gasteiger partial charge in [-0.05, 0) is 6.92 Å². The highest BCUT2D eigenvalue weighted by Gasteiger charge is 2.37. The van der Waals surface area contributed by atoms with E-state index in [1.54, 1.807) is 0 Å². The third-order valence-electron chi connectivity index (χ3n) is 2.27. The molecule has 1 aliphatic rings. The maximum absolute atomic E-state index is 12.4. The number of amides is 1. The summed E-state index contributed by atoms with van der Waals surface area (Å²) in [6.45, 7) is 1.55. The van der Waals surface area contributed by atoms with Crippen molar-refractivity contribution in [2.45, 2.75) is 19.2 Å². The lowest BCUT2D eigenvalue weighted by Gasteiger charge is -2.22. The molecule has 1 aromatic heterocycles. The number of aromatic nitrogens is 1. The van der Waals surface area contributed by atoms with Crippen LogP contribution in [0.2, 0.25) is 0 Å².